The summed E-state index contributed by atoms with van der Waals surface area (Å²) >= 11 is 0. The Morgan fingerprint density at radius 1 is 1.35 bits per heavy atom. The minimum atomic E-state index is -0.450. The Labute approximate surface area is 123 Å². The van der Waals surface area contributed by atoms with E-state index in [2.05, 4.69) is 31.0 Å². The number of rotatable bonds is 5. The second kappa shape index (κ2) is 6.02. The summed E-state index contributed by atoms with van der Waals surface area (Å²) in [6.45, 7) is 11.1. The third-order valence-electron chi connectivity index (χ3n) is 5.08. The minimum Gasteiger partial charge on any atom is -0.465 e. The van der Waals surface area contributed by atoms with Gasteiger partial charge in [-0.3, -0.25) is 9.69 Å². The number of likely N-dealkylation sites (tertiary alicyclic amines) is 1. The van der Waals surface area contributed by atoms with Crippen LogP contribution in [0.1, 0.15) is 59.8 Å². The number of likely N-dealkylation sites (N-methyl/N-ethyl adjacent to an activating group) is 1. The van der Waals surface area contributed by atoms with Crippen molar-refractivity contribution in [3.05, 3.63) is 0 Å². The molecule has 0 spiro atoms. The molecule has 0 amide bonds. The van der Waals surface area contributed by atoms with Crippen LogP contribution >= 0.6 is 0 Å². The van der Waals surface area contributed by atoms with E-state index < -0.39 is 5.54 Å². The van der Waals surface area contributed by atoms with Crippen LogP contribution in [0.5, 0.6) is 0 Å². The third-order valence-corrected chi connectivity index (χ3v) is 5.08. The maximum Gasteiger partial charge on any atom is 0.326 e. The Balaban J connectivity index is 2.09. The molecule has 1 N–H and O–H groups in total. The fourth-order valence-electron chi connectivity index (χ4n) is 4.12. The highest BCUT2D eigenvalue weighted by molar-refractivity contribution is 5.81. The normalized spacial score (nSPS) is 33.5. The lowest BCUT2D eigenvalue weighted by molar-refractivity contribution is -0.151. The van der Waals surface area contributed by atoms with E-state index in [0.717, 1.165) is 25.8 Å². The Hall–Kier alpha value is -0.610. The van der Waals surface area contributed by atoms with Gasteiger partial charge >= 0.3 is 5.97 Å². The molecule has 2 fully saturated rings. The fraction of sp³-hybridized carbons (Fsp3) is 0.938. The van der Waals surface area contributed by atoms with Gasteiger partial charge in [0.2, 0.25) is 0 Å². The van der Waals surface area contributed by atoms with E-state index in [1.54, 1.807) is 0 Å². The number of carbonyl (C=O) groups is 1. The molecule has 2 rings (SSSR count). The predicted octanol–water partition coefficient (Wildman–Crippen LogP) is 2.32. The van der Waals surface area contributed by atoms with Crippen LogP contribution < -0.4 is 5.32 Å². The average molecular weight is 282 g/mol. The monoisotopic (exact) mass is 282 g/mol. The topological polar surface area (TPSA) is 41.6 Å². The molecule has 1 saturated heterocycles. The van der Waals surface area contributed by atoms with E-state index >= 15 is 0 Å². The standard InChI is InChI=1S/C16H30N2O2/c1-5-17-16(14(19)20-6-2)10-8-13(12-16)18-11-7-9-15(18,3)4/h13,17H,5-12H2,1-4H3. The van der Waals surface area contributed by atoms with Crippen molar-refractivity contribution in [3.63, 3.8) is 0 Å². The lowest BCUT2D eigenvalue weighted by Gasteiger charge is -2.37. The van der Waals surface area contributed by atoms with E-state index in [0.29, 0.717) is 12.6 Å². The maximum atomic E-state index is 12.4. The Bertz CT molecular complexity index is 356. The summed E-state index contributed by atoms with van der Waals surface area (Å²) in [7, 11) is 0. The molecule has 0 aromatic heterocycles. The highest BCUT2D eigenvalue weighted by atomic mass is 16.5. The van der Waals surface area contributed by atoms with Crippen LogP contribution in [0.3, 0.4) is 0 Å². The summed E-state index contributed by atoms with van der Waals surface area (Å²) in [5.41, 5.74) is -0.171. The number of hydrogen-bond donors (Lipinski definition) is 1. The third kappa shape index (κ3) is 2.86. The van der Waals surface area contributed by atoms with Gasteiger partial charge < -0.3 is 10.1 Å². The first-order valence-electron chi connectivity index (χ1n) is 8.14. The summed E-state index contributed by atoms with van der Waals surface area (Å²) < 4.78 is 5.32. The van der Waals surface area contributed by atoms with Gasteiger partial charge in [0.1, 0.15) is 5.54 Å². The maximum absolute atomic E-state index is 12.4. The molecule has 2 unspecified atom stereocenters. The number of nitrogens with one attached hydrogen (secondary N) is 1. The molecule has 0 radical (unpaired) electrons. The summed E-state index contributed by atoms with van der Waals surface area (Å²) in [5, 5.41) is 3.42. The van der Waals surface area contributed by atoms with Crippen LogP contribution in [-0.4, -0.2) is 47.7 Å². The second-order valence-electron chi connectivity index (χ2n) is 6.84. The second-order valence-corrected chi connectivity index (χ2v) is 6.84. The van der Waals surface area contributed by atoms with Gasteiger partial charge in [-0.25, -0.2) is 0 Å². The first-order valence-corrected chi connectivity index (χ1v) is 8.14. The number of nitrogens with zero attached hydrogens (tertiary/aromatic N) is 1. The molecule has 4 heteroatoms. The van der Waals surface area contributed by atoms with Crippen LogP contribution in [0.15, 0.2) is 0 Å². The molecule has 0 aromatic rings. The molecule has 0 aromatic carbocycles. The Morgan fingerprint density at radius 2 is 2.10 bits per heavy atom. The lowest BCUT2D eigenvalue weighted by Crippen LogP contribution is -2.53. The zero-order valence-corrected chi connectivity index (χ0v) is 13.5. The SMILES string of the molecule is CCNC1(C(=O)OCC)CCC(N2CCCC2(C)C)C1. The zero-order valence-electron chi connectivity index (χ0n) is 13.5. The number of ether oxygens (including phenoxy) is 1. The molecule has 1 aliphatic carbocycles. The van der Waals surface area contributed by atoms with Gasteiger partial charge in [0, 0.05) is 11.6 Å². The molecule has 2 aliphatic rings. The highest BCUT2D eigenvalue weighted by Crippen LogP contribution is 2.40. The van der Waals surface area contributed by atoms with Crippen molar-refractivity contribution < 1.29 is 9.53 Å². The molecule has 0 bridgehead atoms. The van der Waals surface area contributed by atoms with Crippen LogP contribution in [0.25, 0.3) is 0 Å². The van der Waals surface area contributed by atoms with Crippen molar-refractivity contribution in [3.8, 4) is 0 Å². The van der Waals surface area contributed by atoms with Crippen LogP contribution in [0, 0.1) is 0 Å². The lowest BCUT2D eigenvalue weighted by atomic mass is 9.95. The number of esters is 1. The van der Waals surface area contributed by atoms with Crippen molar-refractivity contribution in [1.82, 2.24) is 10.2 Å². The van der Waals surface area contributed by atoms with E-state index in [1.165, 1.54) is 19.4 Å². The number of carbonyl (C=O) groups excluding carboxylic acids is 1. The van der Waals surface area contributed by atoms with E-state index in [9.17, 15) is 4.79 Å². The molecule has 4 nitrogen and oxygen atoms in total. The molecule has 1 aliphatic heterocycles. The van der Waals surface area contributed by atoms with Crippen LogP contribution in [0.4, 0.5) is 0 Å². The molecule has 20 heavy (non-hydrogen) atoms. The van der Waals surface area contributed by atoms with E-state index in [1.807, 2.05) is 6.92 Å². The number of hydrogen-bond acceptors (Lipinski definition) is 4. The molecule has 1 saturated carbocycles. The van der Waals surface area contributed by atoms with Gasteiger partial charge in [-0.1, -0.05) is 6.92 Å². The van der Waals surface area contributed by atoms with Crippen molar-refractivity contribution >= 4 is 5.97 Å². The van der Waals surface area contributed by atoms with Gasteiger partial charge in [-0.2, -0.15) is 0 Å². The van der Waals surface area contributed by atoms with Gasteiger partial charge in [0.25, 0.3) is 0 Å². The highest BCUT2D eigenvalue weighted by Gasteiger charge is 2.50. The van der Waals surface area contributed by atoms with Crippen molar-refractivity contribution in [2.75, 3.05) is 19.7 Å². The first kappa shape index (κ1) is 15.8. The zero-order chi connectivity index (χ0) is 14.8. The fourth-order valence-corrected chi connectivity index (χ4v) is 4.12. The Kier molecular flexibility index (Phi) is 4.75. The van der Waals surface area contributed by atoms with E-state index in [-0.39, 0.29) is 11.5 Å². The van der Waals surface area contributed by atoms with Gasteiger partial charge in [-0.05, 0) is 66.0 Å². The predicted molar refractivity (Wildman–Crippen MR) is 80.7 cm³/mol. The smallest absolute Gasteiger partial charge is 0.326 e. The van der Waals surface area contributed by atoms with E-state index in [4.69, 9.17) is 4.74 Å². The van der Waals surface area contributed by atoms with Gasteiger partial charge in [0.15, 0.2) is 0 Å². The molecule has 2 atom stereocenters. The molecular formula is C16H30N2O2. The van der Waals surface area contributed by atoms with Gasteiger partial charge in [0.05, 0.1) is 6.61 Å². The largest absolute Gasteiger partial charge is 0.465 e. The summed E-state index contributed by atoms with van der Waals surface area (Å²) in [6, 6.07) is 0.510. The summed E-state index contributed by atoms with van der Waals surface area (Å²) in [4.78, 5) is 15.0. The molecule has 1 heterocycles. The van der Waals surface area contributed by atoms with Gasteiger partial charge in [-0.15, -0.1) is 0 Å². The van der Waals surface area contributed by atoms with Crippen LogP contribution in [-0.2, 0) is 9.53 Å². The summed E-state index contributed by atoms with van der Waals surface area (Å²) in [6.07, 6.45) is 5.42. The first-order chi connectivity index (χ1) is 9.45. The molecule has 116 valence electrons. The molecular weight excluding hydrogens is 252 g/mol. The quantitative estimate of drug-likeness (QED) is 0.786. The van der Waals surface area contributed by atoms with Crippen molar-refractivity contribution in [2.45, 2.75) is 76.9 Å². The minimum absolute atomic E-state index is 0.0543. The average Bonchev–Trinajstić information content (AvgIpc) is 2.94. The summed E-state index contributed by atoms with van der Waals surface area (Å²) in [5.74, 6) is -0.0543. The van der Waals surface area contributed by atoms with Crippen molar-refractivity contribution in [1.29, 1.82) is 0 Å². The Morgan fingerprint density at radius 3 is 2.65 bits per heavy atom. The van der Waals surface area contributed by atoms with Crippen LogP contribution in [0.2, 0.25) is 0 Å². The van der Waals surface area contributed by atoms with Crippen molar-refractivity contribution in [2.24, 2.45) is 0 Å².